The van der Waals surface area contributed by atoms with E-state index in [1.165, 1.54) is 17.7 Å². The summed E-state index contributed by atoms with van der Waals surface area (Å²) in [5, 5.41) is 20.2. The van der Waals surface area contributed by atoms with Crippen LogP contribution in [0.5, 0.6) is 5.75 Å². The van der Waals surface area contributed by atoms with Crippen molar-refractivity contribution in [2.45, 2.75) is 45.6 Å². The lowest BCUT2D eigenvalue weighted by molar-refractivity contribution is -0.114. The Hall–Kier alpha value is -2.83. The lowest BCUT2D eigenvalue weighted by atomic mass is 10.1. The number of hydrogen-bond acceptors (Lipinski definition) is 4. The quantitative estimate of drug-likeness (QED) is 0.795. The number of rotatable bonds is 4. The zero-order valence-electron chi connectivity index (χ0n) is 14.5. The second-order valence-electron chi connectivity index (χ2n) is 6.66. The van der Waals surface area contributed by atoms with Gasteiger partial charge in [-0.15, -0.1) is 0 Å². The zero-order valence-corrected chi connectivity index (χ0v) is 14.5. The average Bonchev–Trinajstić information content (AvgIpc) is 3.25. The van der Waals surface area contributed by atoms with Crippen molar-refractivity contribution >= 4 is 17.6 Å². The number of benzene rings is 1. The van der Waals surface area contributed by atoms with Gasteiger partial charge < -0.3 is 15.7 Å². The van der Waals surface area contributed by atoms with Crippen molar-refractivity contribution in [2.24, 2.45) is 0 Å². The molecule has 0 unspecified atom stereocenters. The highest BCUT2D eigenvalue weighted by Crippen LogP contribution is 2.42. The summed E-state index contributed by atoms with van der Waals surface area (Å²) in [6.07, 6.45) is 2.07. The zero-order chi connectivity index (χ0) is 18.1. The summed E-state index contributed by atoms with van der Waals surface area (Å²) < 4.78 is 1.40. The molecular formula is C18H22N4O3. The predicted molar refractivity (Wildman–Crippen MR) is 94.7 cm³/mol. The first-order chi connectivity index (χ1) is 11.8. The molecular weight excluding hydrogens is 320 g/mol. The second-order valence-corrected chi connectivity index (χ2v) is 6.66. The van der Waals surface area contributed by atoms with Crippen LogP contribution in [-0.2, 0) is 4.79 Å². The van der Waals surface area contributed by atoms with Crippen molar-refractivity contribution in [3.05, 3.63) is 30.0 Å². The number of nitrogens with zero attached hydrogens (tertiary/aromatic N) is 2. The Morgan fingerprint density at radius 3 is 2.56 bits per heavy atom. The fourth-order valence-electron chi connectivity index (χ4n) is 2.70. The van der Waals surface area contributed by atoms with Crippen LogP contribution in [-0.4, -0.2) is 32.9 Å². The summed E-state index contributed by atoms with van der Waals surface area (Å²) in [4.78, 5) is 23.5. The molecule has 0 atom stereocenters. The molecule has 7 nitrogen and oxygen atoms in total. The molecule has 1 aromatic carbocycles. The lowest BCUT2D eigenvalue weighted by Gasteiger charge is -2.10. The molecule has 3 rings (SSSR count). The molecule has 2 aromatic rings. The molecule has 1 saturated carbocycles. The molecule has 2 amide bonds. The number of aromatic hydroxyl groups is 1. The Balaban J connectivity index is 1.95. The average molecular weight is 342 g/mol. The van der Waals surface area contributed by atoms with Crippen LogP contribution in [0.4, 0.5) is 10.5 Å². The van der Waals surface area contributed by atoms with E-state index in [-0.39, 0.29) is 23.7 Å². The van der Waals surface area contributed by atoms with Crippen LogP contribution in [0.1, 0.15) is 45.2 Å². The van der Waals surface area contributed by atoms with Crippen LogP contribution in [0.2, 0.25) is 0 Å². The number of phenols is 1. The number of carbonyl (C=O) groups is 2. The minimum atomic E-state index is -0.266. The van der Waals surface area contributed by atoms with Gasteiger partial charge in [0.1, 0.15) is 5.75 Å². The summed E-state index contributed by atoms with van der Waals surface area (Å²) in [5.74, 6) is 0.125. The normalized spacial score (nSPS) is 13.8. The summed E-state index contributed by atoms with van der Waals surface area (Å²) in [7, 11) is 0. The summed E-state index contributed by atoms with van der Waals surface area (Å²) in [5.41, 5.74) is 2.42. The minimum Gasteiger partial charge on any atom is -0.507 e. The maximum atomic E-state index is 12.4. The number of carbonyl (C=O) groups excluding carboxylic acids is 2. The van der Waals surface area contributed by atoms with Crippen LogP contribution in [0.25, 0.3) is 11.3 Å². The van der Waals surface area contributed by atoms with E-state index in [1.54, 1.807) is 12.1 Å². The maximum absolute atomic E-state index is 12.4. The highest BCUT2D eigenvalue weighted by Gasteiger charge is 2.30. The Labute approximate surface area is 146 Å². The Morgan fingerprint density at radius 1 is 1.28 bits per heavy atom. The van der Waals surface area contributed by atoms with Gasteiger partial charge in [0, 0.05) is 36.2 Å². The molecule has 0 spiro atoms. The van der Waals surface area contributed by atoms with E-state index in [2.05, 4.69) is 15.7 Å². The number of phenolic OH excluding ortho intramolecular Hbond substituents is 1. The third-order valence-corrected chi connectivity index (χ3v) is 3.93. The van der Waals surface area contributed by atoms with Crippen molar-refractivity contribution in [2.75, 3.05) is 5.32 Å². The van der Waals surface area contributed by atoms with Crippen molar-refractivity contribution < 1.29 is 14.7 Å². The first-order valence-electron chi connectivity index (χ1n) is 8.37. The molecule has 1 aliphatic rings. The van der Waals surface area contributed by atoms with E-state index in [0.29, 0.717) is 22.9 Å². The van der Waals surface area contributed by atoms with Crippen molar-refractivity contribution in [1.29, 1.82) is 0 Å². The third-order valence-electron chi connectivity index (χ3n) is 3.93. The first kappa shape index (κ1) is 17.0. The highest BCUT2D eigenvalue weighted by molar-refractivity contribution is 5.89. The molecule has 1 aliphatic carbocycles. The van der Waals surface area contributed by atoms with E-state index in [9.17, 15) is 14.7 Å². The number of amides is 2. The van der Waals surface area contributed by atoms with E-state index < -0.39 is 0 Å². The number of aromatic nitrogens is 2. The fraction of sp³-hybridized carbons (Fsp3) is 0.389. The van der Waals surface area contributed by atoms with E-state index in [4.69, 9.17) is 0 Å². The van der Waals surface area contributed by atoms with Gasteiger partial charge in [0.2, 0.25) is 5.91 Å². The second kappa shape index (κ2) is 6.58. The number of anilines is 1. The van der Waals surface area contributed by atoms with Gasteiger partial charge in [-0.1, -0.05) is 0 Å². The first-order valence-corrected chi connectivity index (χ1v) is 8.37. The Kier molecular flexibility index (Phi) is 4.48. The molecule has 0 bridgehead atoms. The molecule has 1 fully saturated rings. The summed E-state index contributed by atoms with van der Waals surface area (Å²) >= 11 is 0. The van der Waals surface area contributed by atoms with Crippen LogP contribution in [0, 0.1) is 0 Å². The van der Waals surface area contributed by atoms with Gasteiger partial charge in [0.05, 0.1) is 11.4 Å². The van der Waals surface area contributed by atoms with Gasteiger partial charge in [-0.3, -0.25) is 4.79 Å². The van der Waals surface area contributed by atoms with E-state index in [0.717, 1.165) is 18.5 Å². The topological polar surface area (TPSA) is 96.3 Å². The minimum absolute atomic E-state index is 0.00233. The summed E-state index contributed by atoms with van der Waals surface area (Å²) in [6.45, 7) is 5.19. The highest BCUT2D eigenvalue weighted by atomic mass is 16.3. The molecule has 0 radical (unpaired) electrons. The van der Waals surface area contributed by atoms with Gasteiger partial charge in [-0.05, 0) is 44.9 Å². The van der Waals surface area contributed by atoms with Crippen LogP contribution < -0.4 is 10.6 Å². The molecule has 7 heteroatoms. The van der Waals surface area contributed by atoms with Crippen LogP contribution in [0.3, 0.4) is 0 Å². The SMILES string of the molecule is CC(=O)Nc1ccc(-c2cc(C3CC3)n(C(=O)NC(C)C)n2)c(O)c1. The standard InChI is InChI=1S/C18H22N4O3/c1-10(2)19-18(25)22-16(12-4-5-12)9-15(21-22)14-7-6-13(8-17(14)24)20-11(3)23/h6-10,12,24H,4-5H2,1-3H3,(H,19,25)(H,20,23). The van der Waals surface area contributed by atoms with E-state index >= 15 is 0 Å². The molecule has 0 saturated heterocycles. The number of hydrogen-bond donors (Lipinski definition) is 3. The van der Waals surface area contributed by atoms with Gasteiger partial charge in [-0.25, -0.2) is 4.79 Å². The maximum Gasteiger partial charge on any atom is 0.342 e. The Morgan fingerprint density at radius 2 is 2.00 bits per heavy atom. The fourth-order valence-corrected chi connectivity index (χ4v) is 2.70. The van der Waals surface area contributed by atoms with Crippen LogP contribution >= 0.6 is 0 Å². The van der Waals surface area contributed by atoms with Crippen molar-refractivity contribution in [1.82, 2.24) is 15.1 Å². The summed E-state index contributed by atoms with van der Waals surface area (Å²) in [6, 6.07) is 6.45. The molecule has 25 heavy (non-hydrogen) atoms. The Bertz CT molecular complexity index is 822. The van der Waals surface area contributed by atoms with E-state index in [1.807, 2.05) is 19.9 Å². The molecule has 132 valence electrons. The largest absolute Gasteiger partial charge is 0.507 e. The van der Waals surface area contributed by atoms with Gasteiger partial charge in [0.15, 0.2) is 0 Å². The predicted octanol–water partition coefficient (Wildman–Crippen LogP) is 3.06. The van der Waals surface area contributed by atoms with Gasteiger partial charge in [0.25, 0.3) is 0 Å². The molecule has 1 heterocycles. The molecule has 1 aromatic heterocycles. The smallest absolute Gasteiger partial charge is 0.342 e. The monoisotopic (exact) mass is 342 g/mol. The molecule has 0 aliphatic heterocycles. The van der Waals surface area contributed by atoms with Crippen LogP contribution in [0.15, 0.2) is 24.3 Å². The number of nitrogens with one attached hydrogen (secondary N) is 2. The van der Waals surface area contributed by atoms with Crippen molar-refractivity contribution in [3.63, 3.8) is 0 Å². The van der Waals surface area contributed by atoms with Gasteiger partial charge in [-0.2, -0.15) is 9.78 Å². The third kappa shape index (κ3) is 3.81. The van der Waals surface area contributed by atoms with Gasteiger partial charge >= 0.3 is 6.03 Å². The van der Waals surface area contributed by atoms with Crippen molar-refractivity contribution in [3.8, 4) is 17.0 Å². The lowest BCUT2D eigenvalue weighted by Crippen LogP contribution is -2.35. The molecule has 3 N–H and O–H groups in total.